The average molecular weight is 380 g/mol. The van der Waals surface area contributed by atoms with Gasteiger partial charge in [-0.1, -0.05) is 33.8 Å². The lowest BCUT2D eigenvalue weighted by Crippen LogP contribution is -2.36. The second-order valence-electron chi connectivity index (χ2n) is 7.76. The van der Waals surface area contributed by atoms with Gasteiger partial charge in [0, 0.05) is 11.6 Å². The molecule has 0 saturated carbocycles. The number of pyridine rings is 1. The van der Waals surface area contributed by atoms with E-state index < -0.39 is 12.3 Å². The minimum atomic E-state index is -0.986. The number of aliphatic hydroxyl groups excluding tert-OH is 1. The van der Waals surface area contributed by atoms with Crippen molar-refractivity contribution < 1.29 is 14.6 Å². The molecule has 2 aromatic rings. The van der Waals surface area contributed by atoms with Crippen molar-refractivity contribution >= 4 is 11.8 Å². The molecule has 1 saturated heterocycles. The molecule has 1 aromatic heterocycles. The van der Waals surface area contributed by atoms with Crippen molar-refractivity contribution in [3.63, 3.8) is 0 Å². The van der Waals surface area contributed by atoms with E-state index in [1.165, 1.54) is 4.90 Å². The van der Waals surface area contributed by atoms with Gasteiger partial charge in [-0.3, -0.25) is 0 Å². The zero-order valence-electron chi connectivity index (χ0n) is 16.4. The molecule has 0 radical (unpaired) electrons. The Morgan fingerprint density at radius 2 is 2.07 bits per heavy atom. The molecule has 1 aromatic carbocycles. The van der Waals surface area contributed by atoms with E-state index in [-0.39, 0.29) is 11.5 Å². The lowest BCUT2D eigenvalue weighted by atomic mass is 9.85. The Kier molecular flexibility index (Phi) is 5.25. The molecule has 0 spiro atoms. The molecule has 7 heteroatoms. The van der Waals surface area contributed by atoms with E-state index in [4.69, 9.17) is 4.74 Å². The van der Waals surface area contributed by atoms with Crippen molar-refractivity contribution in [2.24, 2.45) is 0 Å². The summed E-state index contributed by atoms with van der Waals surface area (Å²) < 4.78 is 6.00. The third-order valence-electron chi connectivity index (χ3n) is 4.68. The SMILES string of the molecule is CC[C@H]1NC(=O)N(c2cccc(Oc3ccc(C#N)cc3C(C)(C)C)n2)C1O. The maximum absolute atomic E-state index is 12.2. The van der Waals surface area contributed by atoms with E-state index in [0.29, 0.717) is 29.4 Å². The fourth-order valence-corrected chi connectivity index (χ4v) is 3.14. The van der Waals surface area contributed by atoms with Crippen molar-refractivity contribution in [1.29, 1.82) is 5.26 Å². The first kappa shape index (κ1) is 19.6. The van der Waals surface area contributed by atoms with E-state index in [0.717, 1.165) is 5.56 Å². The molecule has 7 nitrogen and oxygen atoms in total. The summed E-state index contributed by atoms with van der Waals surface area (Å²) >= 11 is 0. The van der Waals surface area contributed by atoms with Gasteiger partial charge in [0.1, 0.15) is 11.6 Å². The van der Waals surface area contributed by atoms with Gasteiger partial charge >= 0.3 is 6.03 Å². The Hall–Kier alpha value is -3.11. The second kappa shape index (κ2) is 7.49. The number of nitrogens with one attached hydrogen (secondary N) is 1. The minimum absolute atomic E-state index is 0.237. The first-order valence-electron chi connectivity index (χ1n) is 9.22. The monoisotopic (exact) mass is 380 g/mol. The van der Waals surface area contributed by atoms with Crippen LogP contribution in [0.1, 0.15) is 45.2 Å². The summed E-state index contributed by atoms with van der Waals surface area (Å²) in [6, 6.07) is 11.7. The van der Waals surface area contributed by atoms with Gasteiger partial charge in [0.25, 0.3) is 0 Å². The Morgan fingerprint density at radius 1 is 1.32 bits per heavy atom. The van der Waals surface area contributed by atoms with Gasteiger partial charge in [-0.25, -0.2) is 9.69 Å². The number of carbonyl (C=O) groups excluding carboxylic acids is 1. The summed E-state index contributed by atoms with van der Waals surface area (Å²) in [7, 11) is 0. The van der Waals surface area contributed by atoms with Gasteiger partial charge in [0.2, 0.25) is 5.88 Å². The average Bonchev–Trinajstić information content (AvgIpc) is 2.95. The highest BCUT2D eigenvalue weighted by Crippen LogP contribution is 2.35. The molecule has 146 valence electrons. The summed E-state index contributed by atoms with van der Waals surface area (Å²) in [6.45, 7) is 8.01. The Balaban J connectivity index is 1.93. The van der Waals surface area contributed by atoms with Crippen LogP contribution in [0.5, 0.6) is 11.6 Å². The smallest absolute Gasteiger partial charge is 0.325 e. The normalized spacial score (nSPS) is 19.3. The van der Waals surface area contributed by atoms with Crippen molar-refractivity contribution in [2.75, 3.05) is 4.90 Å². The third-order valence-corrected chi connectivity index (χ3v) is 4.68. The van der Waals surface area contributed by atoms with E-state index in [2.05, 4.69) is 16.4 Å². The zero-order chi connectivity index (χ0) is 20.5. The fraction of sp³-hybridized carbons (Fsp3) is 0.381. The lowest BCUT2D eigenvalue weighted by Gasteiger charge is -2.23. The van der Waals surface area contributed by atoms with Crippen LogP contribution in [0.2, 0.25) is 0 Å². The molecule has 3 rings (SSSR count). The van der Waals surface area contributed by atoms with Crippen LogP contribution in [-0.2, 0) is 5.41 Å². The van der Waals surface area contributed by atoms with Crippen molar-refractivity contribution in [1.82, 2.24) is 10.3 Å². The molecule has 1 aliphatic heterocycles. The van der Waals surface area contributed by atoms with Gasteiger partial charge in [-0.15, -0.1) is 0 Å². The molecule has 0 aliphatic carbocycles. The van der Waals surface area contributed by atoms with Crippen LogP contribution in [0.3, 0.4) is 0 Å². The number of amides is 2. The van der Waals surface area contributed by atoms with Crippen LogP contribution < -0.4 is 15.0 Å². The van der Waals surface area contributed by atoms with Crippen LogP contribution in [0.25, 0.3) is 0 Å². The number of anilines is 1. The fourth-order valence-electron chi connectivity index (χ4n) is 3.14. The Bertz CT molecular complexity index is 930. The number of ether oxygens (including phenoxy) is 1. The first-order chi connectivity index (χ1) is 13.2. The van der Waals surface area contributed by atoms with Gasteiger partial charge in [-0.05, 0) is 36.1 Å². The van der Waals surface area contributed by atoms with E-state index in [1.807, 2.05) is 33.8 Å². The number of hydrogen-bond donors (Lipinski definition) is 2. The lowest BCUT2D eigenvalue weighted by molar-refractivity contribution is 0.158. The molecule has 1 aliphatic rings. The van der Waals surface area contributed by atoms with Crippen molar-refractivity contribution in [3.05, 3.63) is 47.5 Å². The summed E-state index contributed by atoms with van der Waals surface area (Å²) in [4.78, 5) is 17.9. The molecule has 1 fully saturated rings. The highest BCUT2D eigenvalue weighted by molar-refractivity contribution is 5.94. The highest BCUT2D eigenvalue weighted by atomic mass is 16.5. The molecule has 2 amide bonds. The molecule has 28 heavy (non-hydrogen) atoms. The first-order valence-corrected chi connectivity index (χ1v) is 9.22. The number of urea groups is 1. The Morgan fingerprint density at radius 3 is 2.68 bits per heavy atom. The van der Waals surface area contributed by atoms with Crippen molar-refractivity contribution in [3.8, 4) is 17.7 Å². The number of nitriles is 1. The van der Waals surface area contributed by atoms with Gasteiger partial charge in [0.15, 0.2) is 6.23 Å². The summed E-state index contributed by atoms with van der Waals surface area (Å²) in [5.74, 6) is 1.20. The maximum Gasteiger partial charge on any atom is 0.325 e. The molecule has 1 unspecified atom stereocenters. The number of hydrogen-bond acceptors (Lipinski definition) is 5. The van der Waals surface area contributed by atoms with Crippen LogP contribution >= 0.6 is 0 Å². The predicted octanol–water partition coefficient (Wildman–Crippen LogP) is 3.67. The number of rotatable bonds is 4. The number of aromatic nitrogens is 1. The maximum atomic E-state index is 12.2. The van der Waals surface area contributed by atoms with Crippen LogP contribution in [0.4, 0.5) is 10.6 Å². The summed E-state index contributed by atoms with van der Waals surface area (Å²) in [6.07, 6.45) is -0.375. The number of aliphatic hydroxyl groups is 1. The topological polar surface area (TPSA) is 98.5 Å². The third kappa shape index (κ3) is 3.78. The largest absolute Gasteiger partial charge is 0.439 e. The van der Waals surface area contributed by atoms with Crippen LogP contribution in [0.15, 0.2) is 36.4 Å². The van der Waals surface area contributed by atoms with Gasteiger partial charge in [-0.2, -0.15) is 10.2 Å². The molecule has 2 atom stereocenters. The molecule has 2 heterocycles. The molecular formula is C21H24N4O3. The molecular weight excluding hydrogens is 356 g/mol. The van der Waals surface area contributed by atoms with E-state index in [1.54, 1.807) is 30.3 Å². The number of benzene rings is 1. The second-order valence-corrected chi connectivity index (χ2v) is 7.76. The number of carbonyl (C=O) groups is 1. The minimum Gasteiger partial charge on any atom is -0.439 e. The van der Waals surface area contributed by atoms with E-state index >= 15 is 0 Å². The zero-order valence-corrected chi connectivity index (χ0v) is 16.4. The van der Waals surface area contributed by atoms with Crippen molar-refractivity contribution in [2.45, 2.75) is 51.8 Å². The molecule has 2 N–H and O–H groups in total. The van der Waals surface area contributed by atoms with Crippen LogP contribution in [-0.4, -0.2) is 28.4 Å². The molecule has 0 bridgehead atoms. The standard InChI is InChI=1S/C21H24N4O3/c1-5-15-19(26)25(20(27)23-15)17-7-6-8-18(24-17)28-16-10-9-13(12-22)11-14(16)21(2,3)4/h6-11,15,19,26H,5H2,1-4H3,(H,23,27)/t15-,19?/m1/s1. The van der Waals surface area contributed by atoms with Gasteiger partial charge in [0.05, 0.1) is 17.7 Å². The highest BCUT2D eigenvalue weighted by Gasteiger charge is 2.38. The van der Waals surface area contributed by atoms with E-state index in [9.17, 15) is 15.2 Å². The summed E-state index contributed by atoms with van der Waals surface area (Å²) in [5, 5.41) is 22.3. The quantitative estimate of drug-likeness (QED) is 0.843. The Labute approximate surface area is 164 Å². The number of nitrogens with zero attached hydrogens (tertiary/aromatic N) is 3. The summed E-state index contributed by atoms with van der Waals surface area (Å²) in [5.41, 5.74) is 1.20. The van der Waals surface area contributed by atoms with Gasteiger partial charge < -0.3 is 15.2 Å². The predicted molar refractivity (Wildman–Crippen MR) is 105 cm³/mol. The van der Waals surface area contributed by atoms with Crippen LogP contribution in [0, 0.1) is 11.3 Å².